The van der Waals surface area contributed by atoms with Crippen molar-refractivity contribution in [1.29, 1.82) is 0 Å². The van der Waals surface area contributed by atoms with Crippen LogP contribution in [0.2, 0.25) is 0 Å². The lowest BCUT2D eigenvalue weighted by molar-refractivity contribution is 0.628. The third kappa shape index (κ3) is 4.69. The second-order valence-electron chi connectivity index (χ2n) is 12.8. The maximum atomic E-state index is 14.5. The van der Waals surface area contributed by atoms with E-state index in [1.54, 1.807) is 24.3 Å². The van der Waals surface area contributed by atoms with E-state index >= 15 is 0 Å². The zero-order chi connectivity index (χ0) is 34.2. The smallest absolute Gasteiger partial charge is 0.123 e. The molecule has 50 heavy (non-hydrogen) atoms. The molecule has 242 valence electrons. The Balaban J connectivity index is 1.41. The van der Waals surface area contributed by atoms with E-state index in [0.717, 1.165) is 76.7 Å². The first-order chi connectivity index (χ1) is 24.3. The molecule has 0 bridgehead atoms. The van der Waals surface area contributed by atoms with E-state index < -0.39 is 12.1 Å². The van der Waals surface area contributed by atoms with Gasteiger partial charge in [0.1, 0.15) is 11.6 Å². The Kier molecular flexibility index (Phi) is 7.42. The molecule has 0 radical (unpaired) electrons. The van der Waals surface area contributed by atoms with Gasteiger partial charge in [-0.25, -0.2) is 8.78 Å². The molecule has 7 heteroatoms. The number of halogens is 2. The Labute approximate surface area is 300 Å². The van der Waals surface area contributed by atoms with Crippen molar-refractivity contribution in [3.63, 3.8) is 0 Å². The molecule has 7 aromatic rings. The minimum atomic E-state index is -2.67. The molecular formula is C43H29F2NP2S2. The van der Waals surface area contributed by atoms with E-state index in [1.165, 1.54) is 12.1 Å². The highest BCUT2D eigenvalue weighted by atomic mass is 32.4. The molecule has 2 aliphatic rings. The van der Waals surface area contributed by atoms with Crippen LogP contribution in [0, 0.1) is 18.6 Å². The molecule has 2 aliphatic heterocycles. The Morgan fingerprint density at radius 3 is 1.28 bits per heavy atom. The molecule has 1 nitrogen and oxygen atoms in total. The van der Waals surface area contributed by atoms with Crippen LogP contribution >= 0.6 is 12.1 Å². The van der Waals surface area contributed by atoms with E-state index in [-0.39, 0.29) is 11.6 Å². The predicted octanol–water partition coefficient (Wildman–Crippen LogP) is 9.22. The first-order valence-electron chi connectivity index (χ1n) is 16.4. The highest BCUT2D eigenvalue weighted by molar-refractivity contribution is 8.27. The maximum Gasteiger partial charge on any atom is 0.123 e. The summed E-state index contributed by atoms with van der Waals surface area (Å²) in [6.45, 7) is 2.13. The topological polar surface area (TPSA) is 3.24 Å². The Hall–Kier alpha value is -4.50. The van der Waals surface area contributed by atoms with Crippen LogP contribution in [0.5, 0.6) is 0 Å². The van der Waals surface area contributed by atoms with Crippen molar-refractivity contribution in [1.82, 2.24) is 0 Å². The number of anilines is 3. The second-order valence-corrected chi connectivity index (χ2v) is 21.5. The largest absolute Gasteiger partial charge is 0.308 e. The standard InChI is InChI=1S/C43H29F2NP2S2/c1-28-22-41-43-42(23-28)48(50,36-16-6-3-7-17-36)40-27-32(30-11-9-13-34(45)25-30)19-21-38(40)46(43)37-20-18-31(29-10-8-12-33(44)24-29)26-39(37)47(41,49)35-14-4-2-5-15-35/h2-27H,1H3. The monoisotopic (exact) mass is 723 g/mol. The number of aryl methyl sites for hydroxylation is 1. The summed E-state index contributed by atoms with van der Waals surface area (Å²) in [5, 5.41) is 6.53. The van der Waals surface area contributed by atoms with Crippen LogP contribution in [0.3, 0.4) is 0 Å². The number of hydrogen-bond acceptors (Lipinski definition) is 3. The third-order valence-corrected chi connectivity index (χ3v) is 19.6. The molecule has 0 saturated carbocycles. The third-order valence-electron chi connectivity index (χ3n) is 9.78. The van der Waals surface area contributed by atoms with Crippen molar-refractivity contribution in [2.24, 2.45) is 0 Å². The van der Waals surface area contributed by atoms with Gasteiger partial charge in [0.2, 0.25) is 0 Å². The molecular weight excluding hydrogens is 695 g/mol. The van der Waals surface area contributed by atoms with Crippen molar-refractivity contribution in [3.8, 4) is 22.3 Å². The van der Waals surface area contributed by atoms with Gasteiger partial charge in [-0.05, 0) is 106 Å². The molecule has 2 heterocycles. The van der Waals surface area contributed by atoms with Crippen molar-refractivity contribution in [2.75, 3.05) is 4.90 Å². The number of nitrogens with zero attached hydrogens (tertiary/aromatic N) is 1. The fourth-order valence-corrected chi connectivity index (χ4v) is 16.3. The normalized spacial score (nSPS) is 18.6. The van der Waals surface area contributed by atoms with Gasteiger partial charge in [0.05, 0.1) is 17.1 Å². The van der Waals surface area contributed by atoms with Gasteiger partial charge in [0.15, 0.2) is 0 Å². The van der Waals surface area contributed by atoms with Crippen LogP contribution in [-0.4, -0.2) is 0 Å². The SMILES string of the molecule is Cc1cc2c3c(c1)P(=S)(c1ccccc1)c1cc(-c4cccc(F)c4)ccc1N3c1ccc(-c3cccc(F)c3)cc1P2(=S)c1ccccc1. The van der Waals surface area contributed by atoms with Crippen LogP contribution in [0.1, 0.15) is 5.56 Å². The first-order valence-corrected chi connectivity index (χ1v) is 22.0. The van der Waals surface area contributed by atoms with E-state index in [9.17, 15) is 8.78 Å². The summed E-state index contributed by atoms with van der Waals surface area (Å²) >= 11 is 14.1. The van der Waals surface area contributed by atoms with Crippen LogP contribution in [0.15, 0.2) is 158 Å². The number of hydrogen-bond donors (Lipinski definition) is 0. The lowest BCUT2D eigenvalue weighted by atomic mass is 10.0. The second kappa shape index (κ2) is 11.8. The van der Waals surface area contributed by atoms with E-state index in [0.29, 0.717) is 0 Å². The van der Waals surface area contributed by atoms with Gasteiger partial charge in [-0.15, -0.1) is 0 Å². The Morgan fingerprint density at radius 2 is 0.860 bits per heavy atom. The minimum Gasteiger partial charge on any atom is -0.308 e. The average molecular weight is 724 g/mol. The maximum absolute atomic E-state index is 14.5. The van der Waals surface area contributed by atoms with E-state index in [4.69, 9.17) is 23.6 Å². The highest BCUT2D eigenvalue weighted by Gasteiger charge is 2.46. The van der Waals surface area contributed by atoms with Crippen molar-refractivity contribution >= 4 is 84.6 Å². The molecule has 0 aromatic heterocycles. The summed E-state index contributed by atoms with van der Waals surface area (Å²) in [6, 6.07) is 46.4. The first kappa shape index (κ1) is 31.5. The zero-order valence-electron chi connectivity index (χ0n) is 26.9. The van der Waals surface area contributed by atoms with Gasteiger partial charge in [-0.1, -0.05) is 121 Å². The van der Waals surface area contributed by atoms with Gasteiger partial charge in [0, 0.05) is 33.3 Å². The fraction of sp³-hybridized carbons (Fsp3) is 0.0233. The number of benzene rings is 7. The minimum absolute atomic E-state index is 0.279. The Morgan fingerprint density at radius 1 is 0.440 bits per heavy atom. The van der Waals surface area contributed by atoms with Crippen LogP contribution < -0.4 is 36.7 Å². The fourth-order valence-electron chi connectivity index (χ4n) is 7.54. The molecule has 2 unspecified atom stereocenters. The average Bonchev–Trinajstić information content (AvgIpc) is 3.15. The van der Waals surface area contributed by atoms with E-state index in [1.807, 2.05) is 24.3 Å². The summed E-state index contributed by atoms with van der Waals surface area (Å²) < 4.78 is 29.1. The van der Waals surface area contributed by atoms with Crippen molar-refractivity contribution < 1.29 is 8.78 Å². The van der Waals surface area contributed by atoms with Crippen LogP contribution in [-0.2, 0) is 23.6 Å². The van der Waals surface area contributed by atoms with Crippen molar-refractivity contribution in [3.05, 3.63) is 175 Å². The van der Waals surface area contributed by atoms with Gasteiger partial charge in [0.25, 0.3) is 0 Å². The van der Waals surface area contributed by atoms with Crippen LogP contribution in [0.25, 0.3) is 22.3 Å². The summed E-state index contributed by atoms with van der Waals surface area (Å²) in [6.07, 6.45) is 0. The molecule has 0 aliphatic carbocycles. The number of rotatable bonds is 4. The highest BCUT2D eigenvalue weighted by Crippen LogP contribution is 2.61. The van der Waals surface area contributed by atoms with Gasteiger partial charge in [-0.2, -0.15) is 0 Å². The molecule has 0 N–H and O–H groups in total. The zero-order valence-corrected chi connectivity index (χ0v) is 30.3. The summed E-state index contributed by atoms with van der Waals surface area (Å²) in [5.41, 5.74) is 7.62. The summed E-state index contributed by atoms with van der Waals surface area (Å²) in [5.74, 6) is -0.557. The van der Waals surface area contributed by atoms with Crippen LogP contribution in [0.4, 0.5) is 25.8 Å². The molecule has 9 rings (SSSR count). The quantitative estimate of drug-likeness (QED) is 0.167. The van der Waals surface area contributed by atoms with Gasteiger partial charge < -0.3 is 4.90 Å². The summed E-state index contributed by atoms with van der Waals surface area (Å²) in [4.78, 5) is 2.36. The van der Waals surface area contributed by atoms with E-state index in [2.05, 4.69) is 109 Å². The lowest BCUT2D eigenvalue weighted by Crippen LogP contribution is -2.46. The van der Waals surface area contributed by atoms with Gasteiger partial charge >= 0.3 is 0 Å². The molecule has 0 spiro atoms. The molecule has 7 aromatic carbocycles. The molecule has 0 saturated heterocycles. The molecule has 2 atom stereocenters. The number of fused-ring (bicyclic) bond motifs is 4. The van der Waals surface area contributed by atoms with Gasteiger partial charge in [-0.3, -0.25) is 0 Å². The Bertz CT molecular complexity index is 2430. The lowest BCUT2D eigenvalue weighted by Gasteiger charge is -2.47. The predicted molar refractivity (Wildman–Crippen MR) is 216 cm³/mol. The molecule has 0 fully saturated rings. The van der Waals surface area contributed by atoms with Crippen molar-refractivity contribution in [2.45, 2.75) is 6.92 Å². The summed E-state index contributed by atoms with van der Waals surface area (Å²) in [7, 11) is 0. The molecule has 0 amide bonds.